The quantitative estimate of drug-likeness (QED) is 0.878. The molecule has 21 heavy (non-hydrogen) atoms. The smallest absolute Gasteiger partial charge is 0.182 e. The molecule has 1 saturated carbocycles. The summed E-state index contributed by atoms with van der Waals surface area (Å²) in [5.41, 5.74) is 8.88. The van der Waals surface area contributed by atoms with E-state index in [-0.39, 0.29) is 0 Å². The number of benzene rings is 1. The molecule has 1 heterocycles. The molecule has 5 heteroatoms. The molecule has 112 valence electrons. The third-order valence-corrected chi connectivity index (χ3v) is 4.75. The molecule has 0 spiro atoms. The van der Waals surface area contributed by atoms with E-state index in [1.807, 2.05) is 29.8 Å². The number of nitrogens with zero attached hydrogens (tertiary/aromatic N) is 4. The average molecular weight is 285 g/mol. The van der Waals surface area contributed by atoms with Crippen LogP contribution in [0.15, 0.2) is 18.2 Å². The molecule has 3 rings (SSSR count). The summed E-state index contributed by atoms with van der Waals surface area (Å²) in [4.78, 5) is 0. The zero-order valence-electron chi connectivity index (χ0n) is 12.8. The maximum atomic E-state index is 6.02. The lowest BCUT2D eigenvalue weighted by Gasteiger charge is -2.27. The first-order valence-electron chi connectivity index (χ1n) is 7.81. The molecule has 0 amide bonds. The largest absolute Gasteiger partial charge is 0.398 e. The van der Waals surface area contributed by atoms with Gasteiger partial charge in [-0.2, -0.15) is 0 Å². The second kappa shape index (κ2) is 5.84. The van der Waals surface area contributed by atoms with E-state index in [1.165, 1.54) is 32.1 Å². The lowest BCUT2D eigenvalue weighted by molar-refractivity contribution is 0.249. The van der Waals surface area contributed by atoms with Crippen LogP contribution in [0.3, 0.4) is 0 Å². The van der Waals surface area contributed by atoms with Crippen molar-refractivity contribution in [2.75, 3.05) is 5.73 Å². The van der Waals surface area contributed by atoms with Crippen molar-refractivity contribution in [1.29, 1.82) is 0 Å². The Morgan fingerprint density at radius 2 is 2.00 bits per heavy atom. The summed E-state index contributed by atoms with van der Waals surface area (Å²) >= 11 is 0. The summed E-state index contributed by atoms with van der Waals surface area (Å²) in [7, 11) is 0. The number of aryl methyl sites for hydroxylation is 1. The van der Waals surface area contributed by atoms with Gasteiger partial charge in [-0.05, 0) is 54.7 Å². The number of nitrogen functional groups attached to an aromatic ring is 1. The Morgan fingerprint density at radius 3 is 2.71 bits per heavy atom. The van der Waals surface area contributed by atoms with Crippen molar-refractivity contribution in [3.63, 3.8) is 0 Å². The third kappa shape index (κ3) is 2.77. The van der Waals surface area contributed by atoms with Crippen LogP contribution in [0.25, 0.3) is 11.4 Å². The van der Waals surface area contributed by atoms with Crippen LogP contribution in [-0.4, -0.2) is 20.2 Å². The van der Waals surface area contributed by atoms with Gasteiger partial charge in [0.05, 0.1) is 6.04 Å². The molecule has 2 aromatic rings. The van der Waals surface area contributed by atoms with E-state index < -0.39 is 0 Å². The highest BCUT2D eigenvalue weighted by Crippen LogP contribution is 2.34. The van der Waals surface area contributed by atoms with Crippen molar-refractivity contribution < 1.29 is 0 Å². The minimum atomic E-state index is 0.331. The number of anilines is 1. The second-order valence-corrected chi connectivity index (χ2v) is 6.16. The van der Waals surface area contributed by atoms with Gasteiger partial charge in [0.1, 0.15) is 0 Å². The molecule has 1 aromatic carbocycles. The lowest BCUT2D eigenvalue weighted by Crippen LogP contribution is -2.21. The van der Waals surface area contributed by atoms with Crippen molar-refractivity contribution in [3.05, 3.63) is 23.8 Å². The van der Waals surface area contributed by atoms with E-state index in [1.54, 1.807) is 0 Å². The summed E-state index contributed by atoms with van der Waals surface area (Å²) in [6.07, 6.45) is 6.56. The van der Waals surface area contributed by atoms with Gasteiger partial charge < -0.3 is 5.73 Å². The number of hydrogen-bond donors (Lipinski definition) is 1. The highest BCUT2D eigenvalue weighted by atomic mass is 15.5. The van der Waals surface area contributed by atoms with E-state index in [0.29, 0.717) is 12.0 Å². The Balaban J connectivity index is 1.90. The Hall–Kier alpha value is -1.91. The number of tetrazole rings is 1. The summed E-state index contributed by atoms with van der Waals surface area (Å²) in [5.74, 6) is 1.49. The van der Waals surface area contributed by atoms with Gasteiger partial charge in [-0.3, -0.25) is 0 Å². The van der Waals surface area contributed by atoms with E-state index in [4.69, 9.17) is 5.73 Å². The molecule has 1 aliphatic carbocycles. The third-order valence-electron chi connectivity index (χ3n) is 4.75. The molecule has 0 saturated heterocycles. The normalized spacial score (nSPS) is 17.8. The van der Waals surface area contributed by atoms with Crippen LogP contribution in [0.1, 0.15) is 50.6 Å². The predicted octanol–water partition coefficient (Wildman–Crippen LogP) is 3.37. The van der Waals surface area contributed by atoms with Crippen LogP contribution in [0, 0.1) is 12.8 Å². The summed E-state index contributed by atoms with van der Waals surface area (Å²) in [5, 5.41) is 12.3. The van der Waals surface area contributed by atoms with Gasteiger partial charge in [0.25, 0.3) is 0 Å². The minimum absolute atomic E-state index is 0.331. The molecule has 5 nitrogen and oxygen atoms in total. The van der Waals surface area contributed by atoms with Crippen molar-refractivity contribution in [3.8, 4) is 11.4 Å². The second-order valence-electron chi connectivity index (χ2n) is 6.16. The van der Waals surface area contributed by atoms with E-state index in [9.17, 15) is 0 Å². The Morgan fingerprint density at radius 1 is 1.24 bits per heavy atom. The van der Waals surface area contributed by atoms with Gasteiger partial charge in [-0.1, -0.05) is 31.4 Å². The van der Waals surface area contributed by atoms with Crippen molar-refractivity contribution in [2.45, 2.75) is 52.0 Å². The highest BCUT2D eigenvalue weighted by molar-refractivity contribution is 5.63. The summed E-state index contributed by atoms with van der Waals surface area (Å²) < 4.78 is 1.97. The molecular formula is C16H23N5. The SMILES string of the molecule is Cc1ccc(-c2nnnn2C(C)C2CCCCC2)cc1N. The minimum Gasteiger partial charge on any atom is -0.398 e. The highest BCUT2D eigenvalue weighted by Gasteiger charge is 2.25. The van der Waals surface area contributed by atoms with Crippen LogP contribution in [0.2, 0.25) is 0 Å². The topological polar surface area (TPSA) is 69.6 Å². The van der Waals surface area contributed by atoms with Gasteiger partial charge in [-0.15, -0.1) is 5.10 Å². The summed E-state index contributed by atoms with van der Waals surface area (Å²) in [6, 6.07) is 6.36. The Kier molecular flexibility index (Phi) is 3.90. The first-order chi connectivity index (χ1) is 10.2. The number of aromatic nitrogens is 4. The van der Waals surface area contributed by atoms with Gasteiger partial charge in [0.2, 0.25) is 0 Å². The van der Waals surface area contributed by atoms with Crippen LogP contribution in [-0.2, 0) is 0 Å². The van der Waals surface area contributed by atoms with Gasteiger partial charge in [0.15, 0.2) is 5.82 Å². The number of hydrogen-bond acceptors (Lipinski definition) is 4. The van der Waals surface area contributed by atoms with Gasteiger partial charge >= 0.3 is 0 Å². The van der Waals surface area contributed by atoms with E-state index >= 15 is 0 Å². The lowest BCUT2D eigenvalue weighted by atomic mass is 9.84. The number of nitrogens with two attached hydrogens (primary N) is 1. The molecule has 0 aliphatic heterocycles. The van der Waals surface area contributed by atoms with Crippen LogP contribution in [0.4, 0.5) is 5.69 Å². The Labute approximate surface area is 125 Å². The van der Waals surface area contributed by atoms with Crippen LogP contribution < -0.4 is 5.73 Å². The van der Waals surface area contributed by atoms with Crippen molar-refractivity contribution >= 4 is 5.69 Å². The zero-order chi connectivity index (χ0) is 14.8. The van der Waals surface area contributed by atoms with Gasteiger partial charge in [-0.25, -0.2) is 4.68 Å². The van der Waals surface area contributed by atoms with Crippen LogP contribution >= 0.6 is 0 Å². The fourth-order valence-electron chi connectivity index (χ4n) is 3.25. The molecule has 1 atom stereocenters. The molecule has 1 aliphatic rings. The predicted molar refractivity (Wildman–Crippen MR) is 83.7 cm³/mol. The molecule has 1 unspecified atom stereocenters. The standard InChI is InChI=1S/C16H23N5/c1-11-8-9-14(10-15(11)17)16-18-19-20-21(16)12(2)13-6-4-3-5-7-13/h8-10,12-13H,3-7,17H2,1-2H3. The fourth-order valence-corrected chi connectivity index (χ4v) is 3.25. The monoisotopic (exact) mass is 285 g/mol. The van der Waals surface area contributed by atoms with E-state index in [2.05, 4.69) is 22.4 Å². The summed E-state index contributed by atoms with van der Waals surface area (Å²) in [6.45, 7) is 4.24. The first kappa shape index (κ1) is 14.0. The van der Waals surface area contributed by atoms with Crippen molar-refractivity contribution in [2.24, 2.45) is 5.92 Å². The fraction of sp³-hybridized carbons (Fsp3) is 0.562. The maximum Gasteiger partial charge on any atom is 0.182 e. The molecule has 0 bridgehead atoms. The van der Waals surface area contributed by atoms with Crippen LogP contribution in [0.5, 0.6) is 0 Å². The van der Waals surface area contributed by atoms with Gasteiger partial charge in [0, 0.05) is 11.3 Å². The zero-order valence-corrected chi connectivity index (χ0v) is 12.8. The van der Waals surface area contributed by atoms with Crippen molar-refractivity contribution in [1.82, 2.24) is 20.2 Å². The first-order valence-corrected chi connectivity index (χ1v) is 7.81. The maximum absolute atomic E-state index is 6.02. The molecule has 1 fully saturated rings. The number of rotatable bonds is 3. The molecule has 2 N–H and O–H groups in total. The molecular weight excluding hydrogens is 262 g/mol. The average Bonchev–Trinajstić information content (AvgIpc) is 2.99. The van der Waals surface area contributed by atoms with E-state index in [0.717, 1.165) is 22.6 Å². The Bertz CT molecular complexity index is 613. The molecule has 1 aromatic heterocycles. The molecule has 0 radical (unpaired) electrons.